The van der Waals surface area contributed by atoms with Gasteiger partial charge in [0.15, 0.2) is 17.2 Å². The molecule has 0 aromatic heterocycles. The quantitative estimate of drug-likeness (QED) is 0.461. The summed E-state index contributed by atoms with van der Waals surface area (Å²) >= 11 is 0. The Labute approximate surface area is 163 Å². The second kappa shape index (κ2) is 6.77. The minimum atomic E-state index is -3.83. The Bertz CT molecular complexity index is 1150. The van der Waals surface area contributed by atoms with Gasteiger partial charge in [-0.15, -0.1) is 0 Å². The van der Waals surface area contributed by atoms with Crippen molar-refractivity contribution in [3.63, 3.8) is 0 Å². The van der Waals surface area contributed by atoms with Crippen molar-refractivity contribution < 1.29 is 22.8 Å². The monoisotopic (exact) mass is 399 g/mol. The third-order valence-electron chi connectivity index (χ3n) is 5.05. The van der Waals surface area contributed by atoms with Gasteiger partial charge in [-0.1, -0.05) is 42.5 Å². The van der Waals surface area contributed by atoms with Crippen LogP contribution in [0.1, 0.15) is 16.7 Å². The zero-order valence-corrected chi connectivity index (χ0v) is 16.2. The molecule has 1 aliphatic rings. The molecule has 0 amide bonds. The Hall–Kier alpha value is -2.61. The molecule has 1 aliphatic heterocycles. The van der Waals surface area contributed by atoms with E-state index in [0.29, 0.717) is 18.5 Å². The largest absolute Gasteiger partial charge is 0.504 e. The molecule has 3 N–H and O–H groups in total. The number of hydrogen-bond donors (Lipinski definition) is 3. The van der Waals surface area contributed by atoms with Crippen LogP contribution in [0.15, 0.2) is 54.6 Å². The molecule has 0 fully saturated rings. The van der Waals surface area contributed by atoms with E-state index in [1.165, 1.54) is 12.1 Å². The van der Waals surface area contributed by atoms with Gasteiger partial charge in [0.2, 0.25) is 0 Å². The highest BCUT2D eigenvalue weighted by molar-refractivity contribution is 7.86. The first kappa shape index (κ1) is 18.7. The van der Waals surface area contributed by atoms with E-state index in [0.717, 1.165) is 28.2 Å². The summed E-state index contributed by atoms with van der Waals surface area (Å²) in [6.07, 6.45) is 1.82. The summed E-state index contributed by atoms with van der Waals surface area (Å²) in [5.74, 6) is -0.555. The summed E-state index contributed by atoms with van der Waals surface area (Å²) in [5.41, 5.74) is 0.774. The zero-order valence-electron chi connectivity index (χ0n) is 15.3. The topological polar surface area (TPSA) is 95.9 Å². The molecule has 3 aromatic carbocycles. The molecule has 6 nitrogen and oxygen atoms in total. The molecule has 4 rings (SSSR count). The molecule has 0 saturated carbocycles. The van der Waals surface area contributed by atoms with E-state index in [4.69, 9.17) is 4.18 Å². The average molecular weight is 399 g/mol. The van der Waals surface area contributed by atoms with Crippen LogP contribution < -0.4 is 5.32 Å². The van der Waals surface area contributed by atoms with E-state index in [1.807, 2.05) is 42.5 Å². The summed E-state index contributed by atoms with van der Waals surface area (Å²) in [7, 11) is -3.83. The van der Waals surface area contributed by atoms with Crippen molar-refractivity contribution >= 4 is 20.9 Å². The third-order valence-corrected chi connectivity index (χ3v) is 5.64. The Kier molecular flexibility index (Phi) is 4.53. The van der Waals surface area contributed by atoms with Crippen molar-refractivity contribution in [2.24, 2.45) is 0 Å². The van der Waals surface area contributed by atoms with E-state index < -0.39 is 15.8 Å². The van der Waals surface area contributed by atoms with E-state index in [2.05, 4.69) is 5.32 Å². The van der Waals surface area contributed by atoms with Crippen LogP contribution in [0.25, 0.3) is 10.8 Å². The van der Waals surface area contributed by atoms with Gasteiger partial charge < -0.3 is 10.2 Å². The number of benzene rings is 3. The number of hydrogen-bond acceptors (Lipinski definition) is 6. The zero-order chi connectivity index (χ0) is 19.9. The molecule has 7 heteroatoms. The highest BCUT2D eigenvalue weighted by atomic mass is 32.2. The van der Waals surface area contributed by atoms with E-state index >= 15 is 0 Å². The summed E-state index contributed by atoms with van der Waals surface area (Å²) in [6.45, 7) is 0.470. The van der Waals surface area contributed by atoms with Gasteiger partial charge in [0, 0.05) is 18.5 Å². The van der Waals surface area contributed by atoms with E-state index in [9.17, 15) is 18.6 Å². The fraction of sp³-hybridized carbons (Fsp3) is 0.238. The minimum Gasteiger partial charge on any atom is -0.504 e. The van der Waals surface area contributed by atoms with E-state index in [1.54, 1.807) is 0 Å². The number of phenolic OH excluding ortho intramolecular Hbond substituents is 2. The predicted molar refractivity (Wildman–Crippen MR) is 107 cm³/mol. The molecule has 0 radical (unpaired) electrons. The highest BCUT2D eigenvalue weighted by Gasteiger charge is 2.42. The number of nitrogens with one attached hydrogen (secondary N) is 1. The van der Waals surface area contributed by atoms with E-state index in [-0.39, 0.29) is 17.9 Å². The Morgan fingerprint density at radius 1 is 1.07 bits per heavy atom. The van der Waals surface area contributed by atoms with Gasteiger partial charge in [0.25, 0.3) is 10.1 Å². The molecule has 0 aliphatic carbocycles. The summed E-state index contributed by atoms with van der Waals surface area (Å²) in [6, 6.07) is 16.6. The summed E-state index contributed by atoms with van der Waals surface area (Å²) in [5, 5.41) is 25.2. The van der Waals surface area contributed by atoms with Crippen molar-refractivity contribution in [1.29, 1.82) is 0 Å². The van der Waals surface area contributed by atoms with Crippen LogP contribution in [0.2, 0.25) is 0 Å². The molecule has 0 spiro atoms. The van der Waals surface area contributed by atoms with Crippen LogP contribution in [0.4, 0.5) is 0 Å². The minimum absolute atomic E-state index is 0.235. The standard InChI is InChI=1S/C21H21NO5S/c1-28(25,26)27-21(13-16-7-4-6-14-5-2-3-8-17(14)16)18-12-20(24)19(23)11-15(18)9-10-22-21/h2-8,11-12,22-24H,9-10,13H2,1H3/t21-/m0/s1. The lowest BCUT2D eigenvalue weighted by molar-refractivity contribution is 0.0307. The first-order valence-corrected chi connectivity index (χ1v) is 10.8. The molecule has 1 atom stereocenters. The van der Waals surface area contributed by atoms with Gasteiger partial charge >= 0.3 is 0 Å². The Morgan fingerprint density at radius 2 is 1.79 bits per heavy atom. The predicted octanol–water partition coefficient (Wildman–Crippen LogP) is 2.77. The summed E-state index contributed by atoms with van der Waals surface area (Å²) < 4.78 is 29.9. The van der Waals surface area contributed by atoms with Crippen LogP contribution in [0, 0.1) is 0 Å². The van der Waals surface area contributed by atoms with Gasteiger partial charge in [0.05, 0.1) is 6.26 Å². The molecule has 0 bridgehead atoms. The lowest BCUT2D eigenvalue weighted by Crippen LogP contribution is -2.52. The van der Waals surface area contributed by atoms with Crippen LogP contribution in [0.3, 0.4) is 0 Å². The molecule has 146 valence electrons. The second-order valence-corrected chi connectivity index (χ2v) is 8.68. The molecule has 1 heterocycles. The Morgan fingerprint density at radius 3 is 2.57 bits per heavy atom. The number of rotatable bonds is 4. The maximum Gasteiger partial charge on any atom is 0.266 e. The fourth-order valence-electron chi connectivity index (χ4n) is 3.93. The van der Waals surface area contributed by atoms with Crippen molar-refractivity contribution in [3.05, 3.63) is 71.3 Å². The average Bonchev–Trinajstić information content (AvgIpc) is 2.63. The normalized spacial score (nSPS) is 19.5. The number of aromatic hydroxyl groups is 2. The number of fused-ring (bicyclic) bond motifs is 2. The first-order valence-electron chi connectivity index (χ1n) is 8.95. The van der Waals surface area contributed by atoms with Crippen molar-refractivity contribution in [2.75, 3.05) is 12.8 Å². The lowest BCUT2D eigenvalue weighted by atomic mass is 9.85. The maximum atomic E-state index is 12.1. The SMILES string of the molecule is CS(=O)(=O)O[C@]1(Cc2cccc3ccccc23)NCCc2cc(O)c(O)cc21. The molecule has 3 aromatic rings. The van der Waals surface area contributed by atoms with Gasteiger partial charge in [-0.2, -0.15) is 8.42 Å². The molecule has 28 heavy (non-hydrogen) atoms. The maximum absolute atomic E-state index is 12.1. The molecular weight excluding hydrogens is 378 g/mol. The van der Waals surface area contributed by atoms with Gasteiger partial charge in [-0.25, -0.2) is 4.18 Å². The smallest absolute Gasteiger partial charge is 0.266 e. The molecule has 0 unspecified atom stereocenters. The van der Waals surface area contributed by atoms with Crippen LogP contribution in [-0.2, 0) is 32.9 Å². The van der Waals surface area contributed by atoms with Gasteiger partial charge in [0.1, 0.15) is 0 Å². The molecular formula is C21H21NO5S. The summed E-state index contributed by atoms with van der Waals surface area (Å²) in [4.78, 5) is 0. The third kappa shape index (κ3) is 3.44. The van der Waals surface area contributed by atoms with Crippen LogP contribution in [-0.4, -0.2) is 31.4 Å². The van der Waals surface area contributed by atoms with Crippen molar-refractivity contribution in [3.8, 4) is 11.5 Å². The fourth-order valence-corrected chi connectivity index (χ4v) is 4.66. The van der Waals surface area contributed by atoms with Crippen LogP contribution >= 0.6 is 0 Å². The van der Waals surface area contributed by atoms with Crippen molar-refractivity contribution in [2.45, 2.75) is 18.6 Å². The molecule has 0 saturated heterocycles. The first-order chi connectivity index (χ1) is 13.3. The van der Waals surface area contributed by atoms with Gasteiger partial charge in [-0.05, 0) is 40.5 Å². The van der Waals surface area contributed by atoms with Crippen molar-refractivity contribution in [1.82, 2.24) is 5.32 Å². The highest BCUT2D eigenvalue weighted by Crippen LogP contribution is 2.40. The lowest BCUT2D eigenvalue weighted by Gasteiger charge is -2.39. The second-order valence-electron chi connectivity index (χ2n) is 7.10. The number of phenols is 2. The Balaban J connectivity index is 1.91. The van der Waals surface area contributed by atoms with Crippen LogP contribution in [0.5, 0.6) is 11.5 Å². The van der Waals surface area contributed by atoms with Gasteiger partial charge in [-0.3, -0.25) is 5.32 Å².